The lowest BCUT2D eigenvalue weighted by atomic mass is 9.81. The number of benzene rings is 1. The highest BCUT2D eigenvalue weighted by Crippen LogP contribution is 2.44. The Kier molecular flexibility index (Phi) is 3.40. The van der Waals surface area contributed by atoms with Crippen molar-refractivity contribution in [1.29, 1.82) is 0 Å². The van der Waals surface area contributed by atoms with E-state index in [1.165, 1.54) is 43.4 Å². The molecule has 1 amide bonds. The largest absolute Gasteiger partial charge is 0.384 e. The maximum Gasteiger partial charge on any atom is 0.240 e. The van der Waals surface area contributed by atoms with E-state index in [0.29, 0.717) is 11.8 Å². The molecule has 4 heteroatoms. The van der Waals surface area contributed by atoms with Gasteiger partial charge in [-0.3, -0.25) is 4.79 Å². The van der Waals surface area contributed by atoms with Crippen LogP contribution in [0.2, 0.25) is 0 Å². The van der Waals surface area contributed by atoms with Crippen molar-refractivity contribution >= 4 is 17.3 Å². The van der Waals surface area contributed by atoms with Gasteiger partial charge in [0.15, 0.2) is 0 Å². The second kappa shape index (κ2) is 5.41. The highest BCUT2D eigenvalue weighted by Gasteiger charge is 2.35. The Labute approximate surface area is 131 Å². The topological polar surface area (TPSA) is 53.5 Å². The predicted molar refractivity (Wildman–Crippen MR) is 88.1 cm³/mol. The van der Waals surface area contributed by atoms with E-state index >= 15 is 0 Å². The Balaban J connectivity index is 1.58. The molecule has 0 unspecified atom stereocenters. The van der Waals surface area contributed by atoms with E-state index in [9.17, 15) is 4.79 Å². The molecule has 1 saturated carbocycles. The Morgan fingerprint density at radius 3 is 2.68 bits per heavy atom. The van der Waals surface area contributed by atoms with Crippen LogP contribution in [0.25, 0.3) is 0 Å². The first kappa shape index (κ1) is 13.8. The van der Waals surface area contributed by atoms with Gasteiger partial charge >= 0.3 is 0 Å². The molecule has 1 aromatic rings. The molecule has 2 N–H and O–H groups in total. The first-order chi connectivity index (χ1) is 10.7. The normalized spacial score (nSPS) is 23.3. The summed E-state index contributed by atoms with van der Waals surface area (Å²) in [7, 11) is 0. The standard InChI is InChI=1S/C18H23N3O/c22-17-6-5-16(20-21-17)13-3-4-15-14(11-13)7-10-18(12-19-15)8-1-2-9-18/h3-4,11,19H,1-2,5-10,12H2,(H,21,22). The van der Waals surface area contributed by atoms with Gasteiger partial charge in [0.1, 0.15) is 0 Å². The number of aryl methyl sites for hydroxylation is 1. The number of amides is 1. The van der Waals surface area contributed by atoms with Crippen LogP contribution in [0, 0.1) is 5.41 Å². The summed E-state index contributed by atoms with van der Waals surface area (Å²) < 4.78 is 0. The minimum Gasteiger partial charge on any atom is -0.384 e. The molecular formula is C18H23N3O. The average molecular weight is 297 g/mol. The number of carbonyl (C=O) groups excluding carboxylic acids is 1. The molecule has 1 aromatic carbocycles. The van der Waals surface area contributed by atoms with Gasteiger partial charge in [0, 0.05) is 25.1 Å². The Bertz CT molecular complexity index is 629. The fraction of sp³-hybridized carbons (Fsp3) is 0.556. The predicted octanol–water partition coefficient (Wildman–Crippen LogP) is 3.22. The van der Waals surface area contributed by atoms with Crippen LogP contribution < -0.4 is 10.7 Å². The highest BCUT2D eigenvalue weighted by molar-refractivity contribution is 6.04. The fourth-order valence-electron chi connectivity index (χ4n) is 4.16. The quantitative estimate of drug-likeness (QED) is 0.836. The second-order valence-electron chi connectivity index (χ2n) is 7.03. The highest BCUT2D eigenvalue weighted by atomic mass is 16.2. The number of carbonyl (C=O) groups is 1. The summed E-state index contributed by atoms with van der Waals surface area (Å²) in [5.41, 5.74) is 7.97. The molecule has 0 saturated heterocycles. The lowest BCUT2D eigenvalue weighted by Gasteiger charge is -2.27. The monoisotopic (exact) mass is 297 g/mol. The van der Waals surface area contributed by atoms with E-state index in [2.05, 4.69) is 34.0 Å². The zero-order valence-electron chi connectivity index (χ0n) is 13.0. The number of hydrogen-bond acceptors (Lipinski definition) is 3. The van der Waals surface area contributed by atoms with Crippen LogP contribution in [0.5, 0.6) is 0 Å². The molecule has 1 aliphatic carbocycles. The summed E-state index contributed by atoms with van der Waals surface area (Å²) in [6.07, 6.45) is 9.24. The smallest absolute Gasteiger partial charge is 0.240 e. The van der Waals surface area contributed by atoms with E-state index in [1.54, 1.807) is 0 Å². The van der Waals surface area contributed by atoms with Gasteiger partial charge in [0.05, 0.1) is 5.71 Å². The lowest BCUT2D eigenvalue weighted by molar-refractivity contribution is -0.121. The van der Waals surface area contributed by atoms with Gasteiger partial charge < -0.3 is 5.32 Å². The van der Waals surface area contributed by atoms with Crippen molar-refractivity contribution < 1.29 is 4.79 Å². The molecule has 1 fully saturated rings. The van der Waals surface area contributed by atoms with Crippen LogP contribution in [-0.4, -0.2) is 18.2 Å². The van der Waals surface area contributed by atoms with Crippen molar-refractivity contribution in [2.24, 2.45) is 10.5 Å². The van der Waals surface area contributed by atoms with Gasteiger partial charge in [-0.15, -0.1) is 0 Å². The minimum absolute atomic E-state index is 0.0170. The average Bonchev–Trinajstić information content (AvgIpc) is 2.93. The number of hydrogen-bond donors (Lipinski definition) is 2. The zero-order chi connectivity index (χ0) is 15.0. The van der Waals surface area contributed by atoms with Crippen LogP contribution in [-0.2, 0) is 11.2 Å². The number of hydrazone groups is 1. The summed E-state index contributed by atoms with van der Waals surface area (Å²) in [5, 5.41) is 7.91. The summed E-state index contributed by atoms with van der Waals surface area (Å²) in [6.45, 7) is 1.12. The third-order valence-electron chi connectivity index (χ3n) is 5.59. The van der Waals surface area contributed by atoms with Gasteiger partial charge in [0.25, 0.3) is 0 Å². The van der Waals surface area contributed by atoms with E-state index in [0.717, 1.165) is 30.7 Å². The molecule has 2 heterocycles. The summed E-state index contributed by atoms with van der Waals surface area (Å²) in [5.74, 6) is 0.0170. The summed E-state index contributed by atoms with van der Waals surface area (Å²) in [6, 6.07) is 6.60. The fourth-order valence-corrected chi connectivity index (χ4v) is 4.16. The van der Waals surface area contributed by atoms with Crippen LogP contribution in [0.3, 0.4) is 0 Å². The van der Waals surface area contributed by atoms with Crippen LogP contribution in [0.15, 0.2) is 23.3 Å². The van der Waals surface area contributed by atoms with Crippen LogP contribution >= 0.6 is 0 Å². The first-order valence-electron chi connectivity index (χ1n) is 8.47. The Morgan fingerprint density at radius 1 is 1.05 bits per heavy atom. The van der Waals surface area contributed by atoms with Gasteiger partial charge in [0.2, 0.25) is 5.91 Å². The SMILES string of the molecule is O=C1CCC(c2ccc3c(c2)CCC2(CCCC2)CN3)=NN1. The van der Waals surface area contributed by atoms with Crippen molar-refractivity contribution in [1.82, 2.24) is 5.43 Å². The molecule has 2 aliphatic heterocycles. The maximum atomic E-state index is 11.2. The van der Waals surface area contributed by atoms with Crippen LogP contribution in [0.1, 0.15) is 56.1 Å². The van der Waals surface area contributed by atoms with Crippen molar-refractivity contribution in [3.63, 3.8) is 0 Å². The molecule has 22 heavy (non-hydrogen) atoms. The first-order valence-corrected chi connectivity index (χ1v) is 8.47. The van der Waals surface area contributed by atoms with Crippen molar-refractivity contribution in [3.8, 4) is 0 Å². The Hall–Kier alpha value is -1.84. The zero-order valence-corrected chi connectivity index (χ0v) is 13.0. The Morgan fingerprint density at radius 2 is 1.91 bits per heavy atom. The van der Waals surface area contributed by atoms with Gasteiger partial charge in [-0.2, -0.15) is 5.10 Å². The molecule has 3 aliphatic rings. The molecule has 4 rings (SSSR count). The number of nitrogens with one attached hydrogen (secondary N) is 2. The van der Waals surface area contributed by atoms with Crippen LogP contribution in [0.4, 0.5) is 5.69 Å². The van der Waals surface area contributed by atoms with Crippen molar-refractivity contribution in [2.45, 2.75) is 51.4 Å². The van der Waals surface area contributed by atoms with Gasteiger partial charge in [-0.25, -0.2) is 5.43 Å². The molecule has 0 bridgehead atoms. The summed E-state index contributed by atoms with van der Waals surface area (Å²) >= 11 is 0. The summed E-state index contributed by atoms with van der Waals surface area (Å²) in [4.78, 5) is 11.2. The second-order valence-corrected chi connectivity index (χ2v) is 7.03. The van der Waals surface area contributed by atoms with Gasteiger partial charge in [-0.1, -0.05) is 18.9 Å². The molecule has 0 atom stereocenters. The molecule has 0 aromatic heterocycles. The molecule has 1 spiro atoms. The van der Waals surface area contributed by atoms with E-state index in [1.807, 2.05) is 0 Å². The third-order valence-corrected chi connectivity index (χ3v) is 5.59. The number of nitrogens with zero attached hydrogens (tertiary/aromatic N) is 1. The van der Waals surface area contributed by atoms with Crippen molar-refractivity contribution in [3.05, 3.63) is 29.3 Å². The number of rotatable bonds is 1. The lowest BCUT2D eigenvalue weighted by Crippen LogP contribution is -2.26. The van der Waals surface area contributed by atoms with E-state index < -0.39 is 0 Å². The molecular weight excluding hydrogens is 274 g/mol. The molecule has 4 nitrogen and oxygen atoms in total. The van der Waals surface area contributed by atoms with E-state index in [-0.39, 0.29) is 5.91 Å². The van der Waals surface area contributed by atoms with E-state index in [4.69, 9.17) is 0 Å². The number of fused-ring (bicyclic) bond motifs is 1. The molecule has 0 radical (unpaired) electrons. The van der Waals surface area contributed by atoms with Gasteiger partial charge in [-0.05, 0) is 54.4 Å². The number of anilines is 1. The minimum atomic E-state index is 0.0170. The van der Waals surface area contributed by atoms with Crippen molar-refractivity contribution in [2.75, 3.05) is 11.9 Å². The molecule has 116 valence electrons. The maximum absolute atomic E-state index is 11.2. The third kappa shape index (κ3) is 2.51.